The van der Waals surface area contributed by atoms with Gasteiger partial charge in [0.05, 0.1) is 17.7 Å². The zero-order valence-electron chi connectivity index (χ0n) is 12.9. The van der Waals surface area contributed by atoms with E-state index in [1.807, 2.05) is 30.3 Å². The third kappa shape index (κ3) is 4.19. The van der Waals surface area contributed by atoms with Gasteiger partial charge in [0, 0.05) is 16.1 Å². The van der Waals surface area contributed by atoms with Crippen LogP contribution in [0.5, 0.6) is 0 Å². The topological polar surface area (TPSA) is 64.0 Å². The molecule has 126 valence electrons. The maximum absolute atomic E-state index is 13.7. The highest BCUT2D eigenvalue weighted by atomic mass is 79.9. The maximum Gasteiger partial charge on any atom is 0.254 e. The van der Waals surface area contributed by atoms with E-state index in [-0.39, 0.29) is 17.8 Å². The Morgan fingerprint density at radius 1 is 1.16 bits per heavy atom. The van der Waals surface area contributed by atoms with E-state index in [0.717, 1.165) is 5.56 Å². The lowest BCUT2D eigenvalue weighted by atomic mass is 10.1. The number of rotatable bonds is 4. The smallest absolute Gasteiger partial charge is 0.254 e. The molecule has 0 fully saturated rings. The second-order valence-electron chi connectivity index (χ2n) is 5.28. The van der Waals surface area contributed by atoms with E-state index >= 15 is 0 Å². The maximum atomic E-state index is 13.7. The molecule has 1 heterocycles. The van der Waals surface area contributed by atoms with E-state index < -0.39 is 11.7 Å². The van der Waals surface area contributed by atoms with Gasteiger partial charge in [0.25, 0.3) is 5.56 Å². The third-order valence-electron chi connectivity index (χ3n) is 3.47. The predicted molar refractivity (Wildman–Crippen MR) is 96.7 cm³/mol. The summed E-state index contributed by atoms with van der Waals surface area (Å²) in [6, 6.07) is 14.9. The second-order valence-corrected chi connectivity index (χ2v) is 6.19. The molecule has 1 amide bonds. The summed E-state index contributed by atoms with van der Waals surface area (Å²) in [5.41, 5.74) is 1.03. The number of carbonyl (C=O) groups is 1. The Labute approximate surface area is 151 Å². The number of carbonyl (C=O) groups excluding carboxylic acids is 1. The molecule has 1 N–H and O–H groups in total. The minimum atomic E-state index is -0.562. The minimum Gasteiger partial charge on any atom is -0.322 e. The van der Waals surface area contributed by atoms with Crippen molar-refractivity contribution in [2.75, 3.05) is 5.32 Å². The van der Waals surface area contributed by atoms with Gasteiger partial charge in [0.1, 0.15) is 12.4 Å². The van der Waals surface area contributed by atoms with E-state index in [1.54, 1.807) is 6.07 Å². The molecule has 7 heteroatoms. The average Bonchev–Trinajstić information content (AvgIpc) is 2.60. The SMILES string of the molecule is O=C(Cn1cnc(-c2ccccc2)cc1=O)Nc1ccc(Br)cc1F. The molecule has 1 aromatic heterocycles. The molecule has 0 spiro atoms. The molecule has 0 aliphatic heterocycles. The fourth-order valence-corrected chi connectivity index (χ4v) is 2.58. The Hall–Kier alpha value is -2.80. The molecule has 2 aromatic carbocycles. The lowest BCUT2D eigenvalue weighted by molar-refractivity contribution is -0.116. The van der Waals surface area contributed by atoms with Crippen LogP contribution in [0.3, 0.4) is 0 Å². The van der Waals surface area contributed by atoms with Gasteiger partial charge in [-0.25, -0.2) is 9.37 Å². The summed E-state index contributed by atoms with van der Waals surface area (Å²) in [6.07, 6.45) is 1.31. The van der Waals surface area contributed by atoms with Gasteiger partial charge in [-0.1, -0.05) is 46.3 Å². The van der Waals surface area contributed by atoms with Gasteiger partial charge in [-0.2, -0.15) is 0 Å². The van der Waals surface area contributed by atoms with Gasteiger partial charge in [-0.3, -0.25) is 14.2 Å². The van der Waals surface area contributed by atoms with Crippen molar-refractivity contribution < 1.29 is 9.18 Å². The highest BCUT2D eigenvalue weighted by Gasteiger charge is 2.10. The Balaban J connectivity index is 1.74. The summed E-state index contributed by atoms with van der Waals surface area (Å²) in [4.78, 5) is 28.4. The van der Waals surface area contributed by atoms with E-state index in [9.17, 15) is 14.0 Å². The molecule has 0 saturated heterocycles. The van der Waals surface area contributed by atoms with Crippen molar-refractivity contribution in [2.45, 2.75) is 6.54 Å². The van der Waals surface area contributed by atoms with Gasteiger partial charge < -0.3 is 5.32 Å². The molecule has 0 aliphatic rings. The Morgan fingerprint density at radius 2 is 1.92 bits per heavy atom. The van der Waals surface area contributed by atoms with Crippen molar-refractivity contribution in [3.63, 3.8) is 0 Å². The fraction of sp³-hybridized carbons (Fsp3) is 0.0556. The molecule has 0 unspecified atom stereocenters. The van der Waals surface area contributed by atoms with Crippen LogP contribution in [0.1, 0.15) is 0 Å². The van der Waals surface area contributed by atoms with Crippen LogP contribution in [0.4, 0.5) is 10.1 Å². The predicted octanol–water partition coefficient (Wildman–Crippen LogP) is 3.45. The summed E-state index contributed by atoms with van der Waals surface area (Å²) in [6.45, 7) is -0.254. The monoisotopic (exact) mass is 401 g/mol. The Bertz CT molecular complexity index is 974. The molecular formula is C18H13BrFN3O2. The summed E-state index contributed by atoms with van der Waals surface area (Å²) in [5, 5.41) is 2.44. The number of hydrogen-bond acceptors (Lipinski definition) is 3. The second kappa shape index (κ2) is 7.40. The fourth-order valence-electron chi connectivity index (χ4n) is 2.25. The molecule has 0 radical (unpaired) electrons. The van der Waals surface area contributed by atoms with Crippen LogP contribution in [0.2, 0.25) is 0 Å². The number of aromatic nitrogens is 2. The van der Waals surface area contributed by atoms with Crippen molar-refractivity contribution in [3.8, 4) is 11.3 Å². The van der Waals surface area contributed by atoms with Crippen LogP contribution < -0.4 is 10.9 Å². The molecule has 3 aromatic rings. The van der Waals surface area contributed by atoms with Crippen molar-refractivity contribution in [1.29, 1.82) is 0 Å². The van der Waals surface area contributed by atoms with E-state index in [1.165, 1.54) is 29.1 Å². The zero-order valence-corrected chi connectivity index (χ0v) is 14.5. The average molecular weight is 402 g/mol. The van der Waals surface area contributed by atoms with E-state index in [0.29, 0.717) is 10.2 Å². The molecule has 0 bridgehead atoms. The number of amides is 1. The Morgan fingerprint density at radius 3 is 2.60 bits per heavy atom. The molecular weight excluding hydrogens is 389 g/mol. The highest BCUT2D eigenvalue weighted by Crippen LogP contribution is 2.19. The molecule has 3 rings (SSSR count). The first kappa shape index (κ1) is 17.0. The molecule has 0 atom stereocenters. The van der Waals surface area contributed by atoms with Crippen molar-refractivity contribution in [1.82, 2.24) is 9.55 Å². The minimum absolute atomic E-state index is 0.0510. The van der Waals surface area contributed by atoms with Crippen LogP contribution in [0, 0.1) is 5.82 Å². The first-order valence-corrected chi connectivity index (χ1v) is 8.19. The van der Waals surface area contributed by atoms with Crippen LogP contribution in [-0.4, -0.2) is 15.5 Å². The van der Waals surface area contributed by atoms with Gasteiger partial charge in [-0.05, 0) is 18.2 Å². The number of halogens is 2. The summed E-state index contributed by atoms with van der Waals surface area (Å²) in [7, 11) is 0. The molecule has 0 aliphatic carbocycles. The number of anilines is 1. The number of nitrogens with one attached hydrogen (secondary N) is 1. The van der Waals surface area contributed by atoms with Gasteiger partial charge in [-0.15, -0.1) is 0 Å². The Kier molecular flexibility index (Phi) is 5.04. The quantitative estimate of drug-likeness (QED) is 0.727. The van der Waals surface area contributed by atoms with Crippen LogP contribution in [-0.2, 0) is 11.3 Å². The lowest BCUT2D eigenvalue weighted by Crippen LogP contribution is -2.27. The lowest BCUT2D eigenvalue weighted by Gasteiger charge is -2.09. The van der Waals surface area contributed by atoms with E-state index in [2.05, 4.69) is 26.2 Å². The van der Waals surface area contributed by atoms with Gasteiger partial charge >= 0.3 is 0 Å². The summed E-state index contributed by atoms with van der Waals surface area (Å²) >= 11 is 3.15. The number of benzene rings is 2. The standard InChI is InChI=1S/C18H13BrFN3O2/c19-13-6-7-15(14(20)8-13)22-17(24)10-23-11-21-16(9-18(23)25)12-4-2-1-3-5-12/h1-9,11H,10H2,(H,22,24). The van der Waals surface area contributed by atoms with Crippen LogP contribution in [0.15, 0.2) is 70.2 Å². The molecule has 5 nitrogen and oxygen atoms in total. The first-order valence-electron chi connectivity index (χ1n) is 7.40. The first-order chi connectivity index (χ1) is 12.0. The van der Waals surface area contributed by atoms with E-state index in [4.69, 9.17) is 0 Å². The van der Waals surface area contributed by atoms with Crippen LogP contribution >= 0.6 is 15.9 Å². The third-order valence-corrected chi connectivity index (χ3v) is 3.96. The zero-order chi connectivity index (χ0) is 17.8. The van der Waals surface area contributed by atoms with Gasteiger partial charge in [0.15, 0.2) is 0 Å². The summed E-state index contributed by atoms with van der Waals surface area (Å²) in [5.74, 6) is -1.08. The highest BCUT2D eigenvalue weighted by molar-refractivity contribution is 9.10. The molecule has 25 heavy (non-hydrogen) atoms. The molecule has 0 saturated carbocycles. The largest absolute Gasteiger partial charge is 0.322 e. The van der Waals surface area contributed by atoms with Gasteiger partial charge in [0.2, 0.25) is 5.91 Å². The number of hydrogen-bond donors (Lipinski definition) is 1. The normalized spacial score (nSPS) is 10.5. The van der Waals surface area contributed by atoms with Crippen molar-refractivity contribution >= 4 is 27.5 Å². The van der Waals surface area contributed by atoms with Crippen molar-refractivity contribution in [3.05, 3.63) is 81.6 Å². The number of nitrogens with zero attached hydrogens (tertiary/aromatic N) is 2. The van der Waals surface area contributed by atoms with Crippen LogP contribution in [0.25, 0.3) is 11.3 Å². The van der Waals surface area contributed by atoms with Crippen molar-refractivity contribution in [2.24, 2.45) is 0 Å². The summed E-state index contributed by atoms with van der Waals surface area (Å²) < 4.78 is 15.5.